The van der Waals surface area contributed by atoms with Crippen LogP contribution in [0.2, 0.25) is 0 Å². The molecule has 8 heteroatoms. The average Bonchev–Trinajstić information content (AvgIpc) is 3.22. The summed E-state index contributed by atoms with van der Waals surface area (Å²) in [5, 5.41) is 14.3. The number of aromatic amines is 1. The average molecular weight is 355 g/mol. The fourth-order valence-corrected chi connectivity index (χ4v) is 3.15. The number of nitrogens with zero attached hydrogens (tertiary/aromatic N) is 4. The van der Waals surface area contributed by atoms with Crippen molar-refractivity contribution in [1.29, 1.82) is 5.26 Å². The fourth-order valence-electron chi connectivity index (χ4n) is 3.15. The van der Waals surface area contributed by atoms with Gasteiger partial charge in [-0.3, -0.25) is 4.68 Å². The topological polar surface area (TPSA) is 70.3 Å². The molecule has 0 fully saturated rings. The van der Waals surface area contributed by atoms with Gasteiger partial charge < -0.3 is 4.98 Å². The van der Waals surface area contributed by atoms with Crippen molar-refractivity contribution in [2.24, 2.45) is 0 Å². The van der Waals surface area contributed by atoms with Crippen molar-refractivity contribution in [2.45, 2.75) is 19.6 Å². The largest absolute Gasteiger partial charge is 0.416 e. The van der Waals surface area contributed by atoms with Crippen LogP contribution >= 0.6 is 0 Å². The fraction of sp³-hybridized carbons (Fsp3) is 0.167. The van der Waals surface area contributed by atoms with Crippen LogP contribution in [0.1, 0.15) is 22.4 Å². The summed E-state index contributed by atoms with van der Waals surface area (Å²) in [7, 11) is 0. The third-order valence-electron chi connectivity index (χ3n) is 4.31. The van der Waals surface area contributed by atoms with E-state index in [1.165, 1.54) is 4.68 Å². The highest BCUT2D eigenvalue weighted by Crippen LogP contribution is 2.37. The first-order valence-corrected chi connectivity index (χ1v) is 7.78. The Balaban J connectivity index is 1.88. The molecule has 1 aromatic carbocycles. The SMILES string of the molecule is Cc1cc(C(F)(F)F)c(Cn2cc3ccc(C#N)nc3n2)c2cc[nH]c12. The second-order valence-corrected chi connectivity index (χ2v) is 6.03. The Bertz CT molecular complexity index is 1180. The number of halogens is 3. The van der Waals surface area contributed by atoms with Gasteiger partial charge in [0.15, 0.2) is 5.65 Å². The Morgan fingerprint density at radius 2 is 2.08 bits per heavy atom. The van der Waals surface area contributed by atoms with Gasteiger partial charge in [0, 0.05) is 28.7 Å². The zero-order chi connectivity index (χ0) is 18.5. The first kappa shape index (κ1) is 16.1. The quantitative estimate of drug-likeness (QED) is 0.587. The van der Waals surface area contributed by atoms with Crippen LogP contribution in [0.4, 0.5) is 13.2 Å². The zero-order valence-electron chi connectivity index (χ0n) is 13.6. The minimum atomic E-state index is -4.47. The molecule has 0 spiro atoms. The number of aryl methyl sites for hydroxylation is 1. The highest BCUT2D eigenvalue weighted by atomic mass is 19.4. The van der Waals surface area contributed by atoms with E-state index in [9.17, 15) is 13.2 Å². The van der Waals surface area contributed by atoms with E-state index in [4.69, 9.17) is 5.26 Å². The lowest BCUT2D eigenvalue weighted by atomic mass is 9.99. The van der Waals surface area contributed by atoms with Crippen molar-refractivity contribution >= 4 is 21.9 Å². The molecule has 0 atom stereocenters. The highest BCUT2D eigenvalue weighted by molar-refractivity contribution is 5.87. The number of hydrogen-bond donors (Lipinski definition) is 1. The lowest BCUT2D eigenvalue weighted by Gasteiger charge is -2.15. The van der Waals surface area contributed by atoms with Gasteiger partial charge in [0.25, 0.3) is 0 Å². The number of pyridine rings is 1. The summed E-state index contributed by atoms with van der Waals surface area (Å²) in [6.45, 7) is 1.59. The molecule has 0 unspecified atom stereocenters. The summed E-state index contributed by atoms with van der Waals surface area (Å²) in [6.07, 6.45) is -1.21. The van der Waals surface area contributed by atoms with E-state index in [0.29, 0.717) is 27.5 Å². The molecule has 5 nitrogen and oxygen atoms in total. The molecule has 130 valence electrons. The van der Waals surface area contributed by atoms with Crippen LogP contribution in [0.25, 0.3) is 21.9 Å². The molecule has 0 aliphatic rings. The first-order valence-electron chi connectivity index (χ1n) is 7.78. The molecular weight excluding hydrogens is 343 g/mol. The smallest absolute Gasteiger partial charge is 0.361 e. The van der Waals surface area contributed by atoms with E-state index in [2.05, 4.69) is 15.1 Å². The second-order valence-electron chi connectivity index (χ2n) is 6.03. The highest BCUT2D eigenvalue weighted by Gasteiger charge is 2.35. The molecule has 0 radical (unpaired) electrons. The maximum Gasteiger partial charge on any atom is 0.416 e. The van der Waals surface area contributed by atoms with Crippen molar-refractivity contribution in [2.75, 3.05) is 0 Å². The van der Waals surface area contributed by atoms with Gasteiger partial charge in [-0.05, 0) is 42.3 Å². The van der Waals surface area contributed by atoms with Crippen LogP contribution in [0, 0.1) is 18.3 Å². The lowest BCUT2D eigenvalue weighted by molar-refractivity contribution is -0.138. The molecule has 3 aromatic heterocycles. The molecule has 4 rings (SSSR count). The van der Waals surface area contributed by atoms with Crippen LogP contribution in [0.15, 0.2) is 36.7 Å². The third-order valence-corrected chi connectivity index (χ3v) is 4.31. The van der Waals surface area contributed by atoms with Gasteiger partial charge in [0.05, 0.1) is 12.1 Å². The molecule has 1 N–H and O–H groups in total. The van der Waals surface area contributed by atoms with Crippen molar-refractivity contribution in [3.8, 4) is 6.07 Å². The molecule has 0 aliphatic heterocycles. The number of hydrogen-bond acceptors (Lipinski definition) is 3. The molecule has 3 heterocycles. The molecule has 26 heavy (non-hydrogen) atoms. The van der Waals surface area contributed by atoms with Crippen molar-refractivity contribution in [3.05, 3.63) is 59.0 Å². The Kier molecular flexibility index (Phi) is 3.47. The van der Waals surface area contributed by atoms with Gasteiger partial charge in [-0.1, -0.05) is 0 Å². The number of rotatable bonds is 2. The molecule has 0 saturated carbocycles. The minimum absolute atomic E-state index is 0.0538. The van der Waals surface area contributed by atoms with Crippen molar-refractivity contribution in [3.63, 3.8) is 0 Å². The Hall–Kier alpha value is -3.34. The second kappa shape index (κ2) is 5.59. The number of H-pyrrole nitrogens is 1. The van der Waals surface area contributed by atoms with E-state index in [-0.39, 0.29) is 17.8 Å². The number of fused-ring (bicyclic) bond motifs is 2. The van der Waals surface area contributed by atoms with Crippen LogP contribution in [-0.4, -0.2) is 19.7 Å². The maximum atomic E-state index is 13.6. The number of benzene rings is 1. The summed E-state index contributed by atoms with van der Waals surface area (Å²) in [4.78, 5) is 7.06. The standard InChI is InChI=1S/C18H12F3N5/c1-10-6-15(18(19,20)21)14(13-4-5-23-16(10)13)9-26-8-11-2-3-12(7-22)24-17(11)25-26/h2-6,8,23H,9H2,1H3. The maximum absolute atomic E-state index is 13.6. The van der Waals surface area contributed by atoms with E-state index in [1.807, 2.05) is 6.07 Å². The van der Waals surface area contributed by atoms with Gasteiger partial charge in [-0.25, -0.2) is 4.98 Å². The van der Waals surface area contributed by atoms with Crippen molar-refractivity contribution in [1.82, 2.24) is 19.7 Å². The number of nitriles is 1. The molecule has 0 bridgehead atoms. The first-order chi connectivity index (χ1) is 12.4. The summed E-state index contributed by atoms with van der Waals surface area (Å²) in [6, 6.07) is 7.94. The lowest BCUT2D eigenvalue weighted by Crippen LogP contribution is -2.13. The van der Waals surface area contributed by atoms with Gasteiger partial charge in [-0.15, -0.1) is 0 Å². The van der Waals surface area contributed by atoms with Crippen molar-refractivity contribution < 1.29 is 13.2 Å². The zero-order valence-corrected chi connectivity index (χ0v) is 13.6. The monoisotopic (exact) mass is 355 g/mol. The van der Waals surface area contributed by atoms with E-state index in [0.717, 1.165) is 6.07 Å². The predicted molar refractivity (Wildman–Crippen MR) is 89.4 cm³/mol. The van der Waals surface area contributed by atoms with Crippen LogP contribution in [0.5, 0.6) is 0 Å². The van der Waals surface area contributed by atoms with E-state index >= 15 is 0 Å². The van der Waals surface area contributed by atoms with Gasteiger partial charge >= 0.3 is 6.18 Å². The Morgan fingerprint density at radius 3 is 2.81 bits per heavy atom. The van der Waals surface area contributed by atoms with Gasteiger partial charge in [-0.2, -0.15) is 23.5 Å². The molecule has 4 aromatic rings. The Morgan fingerprint density at radius 1 is 1.27 bits per heavy atom. The molecular formula is C18H12F3N5. The normalized spacial score (nSPS) is 12.0. The summed E-state index contributed by atoms with van der Waals surface area (Å²) in [5.74, 6) is 0. The van der Waals surface area contributed by atoms with Gasteiger partial charge in [0.1, 0.15) is 11.8 Å². The van der Waals surface area contributed by atoms with Gasteiger partial charge in [0.2, 0.25) is 0 Å². The van der Waals surface area contributed by atoms with Crippen LogP contribution < -0.4 is 0 Å². The minimum Gasteiger partial charge on any atom is -0.361 e. The summed E-state index contributed by atoms with van der Waals surface area (Å²) >= 11 is 0. The number of alkyl halides is 3. The van der Waals surface area contributed by atoms with E-state index in [1.54, 1.807) is 37.5 Å². The summed E-state index contributed by atoms with van der Waals surface area (Å²) < 4.78 is 42.2. The molecule has 0 saturated heterocycles. The van der Waals surface area contributed by atoms with E-state index < -0.39 is 11.7 Å². The summed E-state index contributed by atoms with van der Waals surface area (Å²) in [5.41, 5.74) is 1.22. The predicted octanol–water partition coefficient (Wildman–Crippen LogP) is 4.16. The Labute approximate surface area is 145 Å². The third kappa shape index (κ3) is 2.58. The number of nitrogens with one attached hydrogen (secondary N) is 1. The molecule has 0 aliphatic carbocycles. The van der Waals surface area contributed by atoms with Crippen LogP contribution in [0.3, 0.4) is 0 Å². The molecule has 0 amide bonds. The van der Waals surface area contributed by atoms with Crippen LogP contribution in [-0.2, 0) is 12.7 Å². The number of aromatic nitrogens is 4.